The number of hydrogen-bond acceptors (Lipinski definition) is 3. The molecule has 0 bridgehead atoms. The maximum absolute atomic E-state index is 11.4. The summed E-state index contributed by atoms with van der Waals surface area (Å²) in [7, 11) is 1.30. The quantitative estimate of drug-likeness (QED) is 0.757. The summed E-state index contributed by atoms with van der Waals surface area (Å²) < 4.78 is 4.61. The summed E-state index contributed by atoms with van der Waals surface area (Å²) in [5, 5.41) is 10.0. The van der Waals surface area contributed by atoms with Gasteiger partial charge in [0.2, 0.25) is 0 Å². The minimum Gasteiger partial charge on any atom is -0.467 e. The zero-order valence-corrected chi connectivity index (χ0v) is 9.83. The minimum atomic E-state index is -1.05. The number of esters is 1. The van der Waals surface area contributed by atoms with Crippen LogP contribution in [-0.2, 0) is 14.9 Å². The molecule has 1 heterocycles. The first kappa shape index (κ1) is 11.2. The van der Waals surface area contributed by atoms with Gasteiger partial charge in [0.05, 0.1) is 7.11 Å². The topological polar surface area (TPSA) is 62.3 Å². The second-order valence-corrected chi connectivity index (χ2v) is 4.57. The molecule has 1 aliphatic rings. The summed E-state index contributed by atoms with van der Waals surface area (Å²) >= 11 is 0. The van der Waals surface area contributed by atoms with Gasteiger partial charge >= 0.3 is 5.97 Å². The average molecular weight is 223 g/mol. The molecule has 4 heteroatoms. The lowest BCUT2D eigenvalue weighted by Gasteiger charge is -2.20. The highest BCUT2D eigenvalue weighted by atomic mass is 16.5. The smallest absolute Gasteiger partial charge is 0.335 e. The number of ether oxygens (including phenoxy) is 1. The summed E-state index contributed by atoms with van der Waals surface area (Å²) in [4.78, 5) is 14.6. The molecular formula is C12H17NO3. The van der Waals surface area contributed by atoms with Gasteiger partial charge in [-0.25, -0.2) is 4.79 Å². The molecule has 2 rings (SSSR count). The molecule has 2 N–H and O–H groups in total. The average Bonchev–Trinajstić information content (AvgIpc) is 2.98. The monoisotopic (exact) mass is 223 g/mol. The number of hydrogen-bond donors (Lipinski definition) is 2. The van der Waals surface area contributed by atoms with Crippen LogP contribution in [-0.4, -0.2) is 29.3 Å². The van der Waals surface area contributed by atoms with Crippen molar-refractivity contribution in [1.29, 1.82) is 0 Å². The van der Waals surface area contributed by atoms with Crippen molar-refractivity contribution in [2.45, 2.75) is 38.2 Å². The van der Waals surface area contributed by atoms with E-state index in [-0.39, 0.29) is 0 Å². The Morgan fingerprint density at radius 2 is 2.19 bits per heavy atom. The number of aliphatic hydroxyl groups excluding tert-OH is 1. The molecular weight excluding hydrogens is 206 g/mol. The van der Waals surface area contributed by atoms with Gasteiger partial charge in [0, 0.05) is 16.8 Å². The van der Waals surface area contributed by atoms with Crippen molar-refractivity contribution in [3.63, 3.8) is 0 Å². The molecule has 0 saturated heterocycles. The molecule has 1 aromatic rings. The Bertz CT molecular complexity index is 418. The third-order valence-electron chi connectivity index (χ3n) is 3.42. The van der Waals surface area contributed by atoms with Gasteiger partial charge in [-0.1, -0.05) is 0 Å². The number of H-pyrrole nitrogens is 1. The lowest BCUT2D eigenvalue weighted by atomic mass is 9.90. The molecule has 1 unspecified atom stereocenters. The van der Waals surface area contributed by atoms with Crippen LogP contribution in [0.4, 0.5) is 0 Å². The number of nitrogens with one attached hydrogen (secondary N) is 1. The van der Waals surface area contributed by atoms with Crippen molar-refractivity contribution in [2.75, 3.05) is 7.11 Å². The zero-order valence-electron chi connectivity index (χ0n) is 9.83. The maximum Gasteiger partial charge on any atom is 0.335 e. The maximum atomic E-state index is 11.4. The van der Waals surface area contributed by atoms with Gasteiger partial charge in [0.15, 0.2) is 6.10 Å². The summed E-state index contributed by atoms with van der Waals surface area (Å²) in [6.45, 7) is 3.93. The Hall–Kier alpha value is -1.29. The van der Waals surface area contributed by atoms with Crippen LogP contribution in [0.2, 0.25) is 0 Å². The Labute approximate surface area is 94.6 Å². The fourth-order valence-corrected chi connectivity index (χ4v) is 2.40. The van der Waals surface area contributed by atoms with Crippen molar-refractivity contribution in [3.8, 4) is 0 Å². The lowest BCUT2D eigenvalue weighted by Crippen LogP contribution is -2.35. The Balaban J connectivity index is 2.33. The number of rotatable bonds is 3. The van der Waals surface area contributed by atoms with Crippen LogP contribution in [0.25, 0.3) is 0 Å². The van der Waals surface area contributed by atoms with E-state index in [1.165, 1.54) is 7.11 Å². The van der Waals surface area contributed by atoms with E-state index < -0.39 is 17.5 Å². The molecule has 4 nitrogen and oxygen atoms in total. The molecule has 0 radical (unpaired) electrons. The zero-order chi connectivity index (χ0) is 11.9. The van der Waals surface area contributed by atoms with E-state index in [9.17, 15) is 9.90 Å². The molecule has 0 aromatic carbocycles. The van der Waals surface area contributed by atoms with Gasteiger partial charge in [0.25, 0.3) is 0 Å². The number of aliphatic hydroxyl groups is 1. The van der Waals surface area contributed by atoms with Crippen LogP contribution in [0.15, 0.2) is 6.07 Å². The van der Waals surface area contributed by atoms with Gasteiger partial charge < -0.3 is 14.8 Å². The van der Waals surface area contributed by atoms with Crippen LogP contribution < -0.4 is 0 Å². The fraction of sp³-hybridized carbons (Fsp3) is 0.583. The van der Waals surface area contributed by atoms with Gasteiger partial charge in [0.1, 0.15) is 0 Å². The number of methoxy groups -OCH3 is 1. The van der Waals surface area contributed by atoms with Crippen molar-refractivity contribution < 1.29 is 14.6 Å². The van der Waals surface area contributed by atoms with E-state index in [1.807, 2.05) is 19.9 Å². The molecule has 1 fully saturated rings. The van der Waals surface area contributed by atoms with Crippen LogP contribution in [0.5, 0.6) is 0 Å². The van der Waals surface area contributed by atoms with Crippen LogP contribution in [0.3, 0.4) is 0 Å². The summed E-state index contributed by atoms with van der Waals surface area (Å²) in [5.74, 6) is -0.546. The van der Waals surface area contributed by atoms with Crippen molar-refractivity contribution in [1.82, 2.24) is 4.98 Å². The summed E-state index contributed by atoms with van der Waals surface area (Å²) in [5.41, 5.74) is 2.71. The second-order valence-electron chi connectivity index (χ2n) is 4.57. The number of carbonyl (C=O) groups excluding carboxylic acids is 1. The minimum absolute atomic E-state index is 0.415. The van der Waals surface area contributed by atoms with Crippen molar-refractivity contribution >= 4 is 5.97 Å². The SMILES string of the molecule is COC(=O)C(O)C1(c2cc(C)[nH]c2C)CC1. The van der Waals surface area contributed by atoms with Gasteiger partial charge in [-0.3, -0.25) is 0 Å². The van der Waals surface area contributed by atoms with Gasteiger partial charge in [-0.2, -0.15) is 0 Å². The van der Waals surface area contributed by atoms with E-state index >= 15 is 0 Å². The van der Waals surface area contributed by atoms with E-state index in [4.69, 9.17) is 0 Å². The number of aromatic amines is 1. The van der Waals surface area contributed by atoms with Gasteiger partial charge in [-0.05, 0) is 38.3 Å². The first-order valence-corrected chi connectivity index (χ1v) is 5.44. The van der Waals surface area contributed by atoms with E-state index in [1.54, 1.807) is 0 Å². The molecule has 1 aromatic heterocycles. The summed E-state index contributed by atoms with van der Waals surface area (Å²) in [6, 6.07) is 2.01. The Morgan fingerprint density at radius 1 is 1.56 bits per heavy atom. The molecule has 16 heavy (non-hydrogen) atoms. The molecule has 1 saturated carbocycles. The largest absolute Gasteiger partial charge is 0.467 e. The van der Waals surface area contributed by atoms with E-state index in [0.717, 1.165) is 29.8 Å². The highest BCUT2D eigenvalue weighted by Crippen LogP contribution is 2.52. The number of aryl methyl sites for hydroxylation is 2. The molecule has 1 atom stereocenters. The first-order valence-electron chi connectivity index (χ1n) is 5.44. The number of aromatic nitrogens is 1. The van der Waals surface area contributed by atoms with Crippen molar-refractivity contribution in [2.24, 2.45) is 0 Å². The van der Waals surface area contributed by atoms with Crippen LogP contribution >= 0.6 is 0 Å². The molecule has 0 aliphatic heterocycles. The van der Waals surface area contributed by atoms with Crippen LogP contribution in [0, 0.1) is 13.8 Å². The molecule has 1 aliphatic carbocycles. The second kappa shape index (κ2) is 3.63. The summed E-state index contributed by atoms with van der Waals surface area (Å²) in [6.07, 6.45) is 0.620. The number of carbonyl (C=O) groups is 1. The molecule has 0 amide bonds. The third kappa shape index (κ3) is 1.53. The fourth-order valence-electron chi connectivity index (χ4n) is 2.40. The molecule has 0 spiro atoms. The van der Waals surface area contributed by atoms with Gasteiger partial charge in [-0.15, -0.1) is 0 Å². The Kier molecular flexibility index (Phi) is 2.54. The third-order valence-corrected chi connectivity index (χ3v) is 3.42. The van der Waals surface area contributed by atoms with E-state index in [0.29, 0.717) is 0 Å². The highest BCUT2D eigenvalue weighted by molar-refractivity contribution is 5.77. The Morgan fingerprint density at radius 3 is 2.56 bits per heavy atom. The molecule has 88 valence electrons. The van der Waals surface area contributed by atoms with Crippen molar-refractivity contribution in [3.05, 3.63) is 23.0 Å². The highest BCUT2D eigenvalue weighted by Gasteiger charge is 2.54. The lowest BCUT2D eigenvalue weighted by molar-refractivity contribution is -0.152. The standard InChI is InChI=1S/C12H17NO3/c1-7-6-9(8(2)13-7)12(4-5-12)10(14)11(15)16-3/h6,10,13-14H,4-5H2,1-3H3. The van der Waals surface area contributed by atoms with Crippen LogP contribution in [0.1, 0.15) is 29.8 Å². The normalized spacial score (nSPS) is 19.2. The predicted octanol–water partition coefficient (Wildman–Crippen LogP) is 1.20. The first-order chi connectivity index (χ1) is 7.51. The predicted molar refractivity (Wildman–Crippen MR) is 59.2 cm³/mol. The van der Waals surface area contributed by atoms with E-state index in [2.05, 4.69) is 9.72 Å².